The lowest BCUT2D eigenvalue weighted by Crippen LogP contribution is -2.32. The molecular weight excluding hydrogens is 204 g/mol. The Morgan fingerprint density at radius 2 is 2.30 bits per heavy atom. The molecule has 0 aromatic carbocycles. The van der Waals surface area contributed by atoms with Crippen LogP contribution in [0.1, 0.15) is 0 Å². The lowest BCUT2D eigenvalue weighted by molar-refractivity contribution is -0.142. The Kier molecular flexibility index (Phi) is 4.59. The number of carbonyl (C=O) groups excluding carboxylic acids is 1. The monoisotopic (exact) mass is 212 g/mol. The van der Waals surface area contributed by atoms with E-state index in [1.807, 2.05) is 0 Å². The molecule has 0 rings (SSSR count). The molecular formula is C5H9BrO4. The molecule has 60 valence electrons. The van der Waals surface area contributed by atoms with Gasteiger partial charge in [0.15, 0.2) is 0 Å². The van der Waals surface area contributed by atoms with Gasteiger partial charge in [0, 0.05) is 0 Å². The number of ether oxygens (including phenoxy) is 1. The molecule has 4 nitrogen and oxygen atoms in total. The van der Waals surface area contributed by atoms with Crippen LogP contribution in [0, 0.1) is 0 Å². The van der Waals surface area contributed by atoms with Crippen molar-refractivity contribution in [1.82, 2.24) is 0 Å². The average molecular weight is 213 g/mol. The molecule has 2 N–H and O–H groups in total. The maximum Gasteiger partial charge on any atom is 0.322 e. The topological polar surface area (TPSA) is 66.8 Å². The summed E-state index contributed by atoms with van der Waals surface area (Å²) < 4.78 is 4.28. The van der Waals surface area contributed by atoms with Crippen LogP contribution in [0.2, 0.25) is 0 Å². The molecule has 0 aliphatic heterocycles. The van der Waals surface area contributed by atoms with E-state index >= 15 is 0 Å². The number of rotatable bonds is 3. The van der Waals surface area contributed by atoms with Crippen molar-refractivity contribution in [2.24, 2.45) is 0 Å². The fourth-order valence-electron chi connectivity index (χ4n) is 0.362. The second kappa shape index (κ2) is 4.65. The minimum Gasteiger partial charge on any atom is -0.468 e. The first-order valence-corrected chi connectivity index (χ1v) is 3.56. The normalized spacial score (nSPS) is 16.0. The first kappa shape index (κ1) is 9.87. The van der Waals surface area contributed by atoms with Crippen molar-refractivity contribution >= 4 is 21.9 Å². The minimum absolute atomic E-state index is 0.467. The summed E-state index contributed by atoms with van der Waals surface area (Å²) in [6, 6.07) is 0. The molecule has 2 atom stereocenters. The van der Waals surface area contributed by atoms with Crippen LogP contribution in [0.25, 0.3) is 0 Å². The van der Waals surface area contributed by atoms with Crippen molar-refractivity contribution in [2.75, 3.05) is 13.7 Å². The zero-order valence-corrected chi connectivity index (χ0v) is 7.04. The van der Waals surface area contributed by atoms with Gasteiger partial charge in [-0.2, -0.15) is 0 Å². The lowest BCUT2D eigenvalue weighted by atomic mass is 10.3. The molecule has 0 bridgehead atoms. The number of hydrogen-bond acceptors (Lipinski definition) is 4. The average Bonchev–Trinajstić information content (AvgIpc) is 2.00. The zero-order chi connectivity index (χ0) is 8.15. The molecule has 0 spiro atoms. The van der Waals surface area contributed by atoms with Crippen LogP contribution < -0.4 is 0 Å². The van der Waals surface area contributed by atoms with E-state index < -0.39 is 23.5 Å². The molecule has 0 fully saturated rings. The van der Waals surface area contributed by atoms with E-state index in [-0.39, 0.29) is 0 Å². The fraction of sp³-hybridized carbons (Fsp3) is 0.800. The summed E-state index contributed by atoms with van der Waals surface area (Å²) in [6.07, 6.45) is -1.10. The van der Waals surface area contributed by atoms with Gasteiger partial charge in [0.05, 0.1) is 13.7 Å². The Morgan fingerprint density at radius 3 is 2.60 bits per heavy atom. The third kappa shape index (κ3) is 2.64. The second-order valence-corrected chi connectivity index (χ2v) is 2.66. The SMILES string of the molecule is COC(=O)[C@@H](Br)[C@@H](O)CO. The standard InChI is InChI=1S/C5H9BrO4/c1-10-5(9)4(6)3(8)2-7/h3-4,7-8H,2H2,1H3/t3-,4-/m0/s1. The number of alkyl halides is 1. The second-order valence-electron chi connectivity index (χ2n) is 1.67. The van der Waals surface area contributed by atoms with Crippen molar-refractivity contribution in [3.8, 4) is 0 Å². The van der Waals surface area contributed by atoms with E-state index in [9.17, 15) is 4.79 Å². The van der Waals surface area contributed by atoms with Gasteiger partial charge in [0.1, 0.15) is 10.9 Å². The van der Waals surface area contributed by atoms with Crippen LogP contribution in [0.15, 0.2) is 0 Å². The third-order valence-corrected chi connectivity index (χ3v) is 1.94. The quantitative estimate of drug-likeness (QED) is 0.479. The molecule has 10 heavy (non-hydrogen) atoms. The predicted octanol–water partition coefficient (Wildman–Crippen LogP) is -0.724. The molecule has 0 aliphatic carbocycles. The van der Waals surface area contributed by atoms with Gasteiger partial charge in [0.25, 0.3) is 0 Å². The molecule has 0 aromatic heterocycles. The Hall–Kier alpha value is -0.130. The number of hydrogen-bond donors (Lipinski definition) is 2. The molecule has 0 amide bonds. The molecule has 5 heteroatoms. The summed E-state index contributed by atoms with van der Waals surface area (Å²) in [6.45, 7) is -0.467. The Morgan fingerprint density at radius 1 is 1.80 bits per heavy atom. The number of aliphatic hydroxyl groups excluding tert-OH is 2. The molecule has 0 unspecified atom stereocenters. The van der Waals surface area contributed by atoms with E-state index in [1.54, 1.807) is 0 Å². The van der Waals surface area contributed by atoms with Crippen LogP contribution in [0.4, 0.5) is 0 Å². The van der Waals surface area contributed by atoms with Gasteiger partial charge in [-0.25, -0.2) is 0 Å². The summed E-state index contributed by atoms with van der Waals surface area (Å²) in [4.78, 5) is 9.73. The molecule has 0 radical (unpaired) electrons. The number of carbonyl (C=O) groups is 1. The summed E-state index contributed by atoms with van der Waals surface area (Å²) >= 11 is 2.84. The lowest BCUT2D eigenvalue weighted by Gasteiger charge is -2.11. The highest BCUT2D eigenvalue weighted by Gasteiger charge is 2.23. The largest absolute Gasteiger partial charge is 0.468 e. The Balaban J connectivity index is 3.81. The Labute approximate surface area is 66.9 Å². The van der Waals surface area contributed by atoms with Crippen LogP contribution in [0.5, 0.6) is 0 Å². The fourth-order valence-corrected chi connectivity index (χ4v) is 0.716. The van der Waals surface area contributed by atoms with E-state index in [0.717, 1.165) is 0 Å². The van der Waals surface area contributed by atoms with Gasteiger partial charge >= 0.3 is 5.97 Å². The first-order chi connectivity index (χ1) is 4.63. The number of methoxy groups -OCH3 is 1. The van der Waals surface area contributed by atoms with Crippen LogP contribution in [-0.4, -0.2) is 40.8 Å². The van der Waals surface area contributed by atoms with E-state index in [2.05, 4.69) is 20.7 Å². The van der Waals surface area contributed by atoms with Crippen LogP contribution >= 0.6 is 15.9 Å². The highest BCUT2D eigenvalue weighted by molar-refractivity contribution is 9.10. The number of esters is 1. The van der Waals surface area contributed by atoms with Crippen molar-refractivity contribution < 1.29 is 19.7 Å². The third-order valence-electron chi connectivity index (χ3n) is 0.951. The highest BCUT2D eigenvalue weighted by atomic mass is 79.9. The highest BCUT2D eigenvalue weighted by Crippen LogP contribution is 2.06. The molecule has 0 saturated carbocycles. The van der Waals surface area contributed by atoms with Gasteiger partial charge in [-0.3, -0.25) is 4.79 Å². The van der Waals surface area contributed by atoms with Crippen molar-refractivity contribution in [3.05, 3.63) is 0 Å². The maximum atomic E-state index is 10.6. The maximum absolute atomic E-state index is 10.6. The smallest absolute Gasteiger partial charge is 0.322 e. The van der Waals surface area contributed by atoms with Gasteiger partial charge in [-0.15, -0.1) is 0 Å². The summed E-state index contributed by atoms with van der Waals surface area (Å²) in [5.74, 6) is -0.596. The van der Waals surface area contributed by atoms with E-state index in [1.165, 1.54) is 7.11 Å². The van der Waals surface area contributed by atoms with Crippen LogP contribution in [-0.2, 0) is 9.53 Å². The summed E-state index contributed by atoms with van der Waals surface area (Å²) in [5, 5.41) is 17.2. The van der Waals surface area contributed by atoms with Gasteiger partial charge in [-0.05, 0) is 0 Å². The number of halogens is 1. The van der Waals surface area contributed by atoms with Crippen LogP contribution in [0.3, 0.4) is 0 Å². The van der Waals surface area contributed by atoms with E-state index in [4.69, 9.17) is 10.2 Å². The van der Waals surface area contributed by atoms with Crippen molar-refractivity contribution in [1.29, 1.82) is 0 Å². The van der Waals surface area contributed by atoms with Crippen molar-refractivity contribution in [3.63, 3.8) is 0 Å². The van der Waals surface area contributed by atoms with Gasteiger partial charge < -0.3 is 14.9 Å². The van der Waals surface area contributed by atoms with Gasteiger partial charge in [0.2, 0.25) is 0 Å². The number of aliphatic hydroxyl groups is 2. The summed E-state index contributed by atoms with van der Waals surface area (Å²) in [7, 11) is 1.21. The zero-order valence-electron chi connectivity index (χ0n) is 5.45. The minimum atomic E-state index is -1.10. The molecule has 0 saturated heterocycles. The summed E-state index contributed by atoms with van der Waals surface area (Å²) in [5.41, 5.74) is 0. The molecule has 0 aromatic rings. The Bertz CT molecular complexity index is 116. The van der Waals surface area contributed by atoms with E-state index in [0.29, 0.717) is 0 Å². The molecule has 0 aliphatic rings. The van der Waals surface area contributed by atoms with Gasteiger partial charge in [-0.1, -0.05) is 15.9 Å². The molecule has 0 heterocycles. The predicted molar refractivity (Wildman–Crippen MR) is 37.8 cm³/mol. The van der Waals surface area contributed by atoms with Crippen molar-refractivity contribution in [2.45, 2.75) is 10.9 Å². The first-order valence-electron chi connectivity index (χ1n) is 2.64.